The lowest BCUT2D eigenvalue weighted by Gasteiger charge is -2.22. The first kappa shape index (κ1) is 14.2. The van der Waals surface area contributed by atoms with Gasteiger partial charge in [-0.2, -0.15) is 0 Å². The van der Waals surface area contributed by atoms with Gasteiger partial charge in [0.15, 0.2) is 5.78 Å². The molecule has 17 heavy (non-hydrogen) atoms. The molecule has 0 spiro atoms. The van der Waals surface area contributed by atoms with E-state index >= 15 is 0 Å². The molecule has 2 nitrogen and oxygen atoms in total. The van der Waals surface area contributed by atoms with Crippen LogP contribution in [0.4, 0.5) is 0 Å². The topological polar surface area (TPSA) is 37.3 Å². The molecule has 0 fully saturated rings. The fourth-order valence-electron chi connectivity index (χ4n) is 1.57. The van der Waals surface area contributed by atoms with Crippen LogP contribution >= 0.6 is 11.6 Å². The molecule has 0 aliphatic rings. The molecule has 0 aliphatic heterocycles. The summed E-state index contributed by atoms with van der Waals surface area (Å²) in [5, 5.41) is 9.26. The summed E-state index contributed by atoms with van der Waals surface area (Å²) in [5.41, 5.74) is 1.49. The molecule has 0 heterocycles. The summed E-state index contributed by atoms with van der Waals surface area (Å²) in [6.45, 7) is 4.03. The molecule has 0 bridgehead atoms. The Kier molecular flexibility index (Phi) is 5.16. The molecular formula is C14H19ClO2. The first-order valence-electron chi connectivity index (χ1n) is 5.82. The molecule has 1 N–H and O–H groups in total. The number of benzene rings is 1. The number of carbonyl (C=O) groups excluding carboxylic acids is 1. The van der Waals surface area contributed by atoms with Crippen molar-refractivity contribution in [1.29, 1.82) is 0 Å². The molecule has 0 amide bonds. The molecule has 1 aromatic rings. The van der Waals surface area contributed by atoms with Crippen molar-refractivity contribution in [3.63, 3.8) is 0 Å². The lowest BCUT2D eigenvalue weighted by atomic mass is 9.85. The first-order valence-corrected chi connectivity index (χ1v) is 6.35. The Morgan fingerprint density at radius 2 is 1.88 bits per heavy atom. The number of rotatable bonds is 6. The van der Waals surface area contributed by atoms with Gasteiger partial charge in [0.2, 0.25) is 0 Å². The number of ketones is 1. The largest absolute Gasteiger partial charge is 0.395 e. The van der Waals surface area contributed by atoms with Gasteiger partial charge in [0.25, 0.3) is 0 Å². The van der Waals surface area contributed by atoms with E-state index in [1.54, 1.807) is 0 Å². The molecule has 3 heteroatoms. The first-order chi connectivity index (χ1) is 8.01. The molecule has 1 aromatic carbocycles. The van der Waals surface area contributed by atoms with Gasteiger partial charge in [-0.25, -0.2) is 0 Å². The van der Waals surface area contributed by atoms with Crippen LogP contribution in [0.25, 0.3) is 0 Å². The highest BCUT2D eigenvalue weighted by molar-refractivity contribution is 6.18. The van der Waals surface area contributed by atoms with Crippen LogP contribution in [0.2, 0.25) is 0 Å². The second-order valence-corrected chi connectivity index (χ2v) is 5.21. The molecule has 0 aromatic heterocycles. The fourth-order valence-corrected chi connectivity index (χ4v) is 1.70. The van der Waals surface area contributed by atoms with Crippen LogP contribution in [0.1, 0.15) is 42.6 Å². The smallest absolute Gasteiger partial charge is 0.162 e. The summed E-state index contributed by atoms with van der Waals surface area (Å²) < 4.78 is 0. The van der Waals surface area contributed by atoms with E-state index in [0.717, 1.165) is 5.56 Å². The van der Waals surface area contributed by atoms with Gasteiger partial charge in [0, 0.05) is 23.3 Å². The Bertz CT molecular complexity index is 368. The van der Waals surface area contributed by atoms with Crippen molar-refractivity contribution < 1.29 is 9.90 Å². The molecule has 0 saturated carbocycles. The third kappa shape index (κ3) is 3.83. The maximum absolute atomic E-state index is 11.7. The van der Waals surface area contributed by atoms with E-state index in [4.69, 9.17) is 11.6 Å². The van der Waals surface area contributed by atoms with Crippen LogP contribution < -0.4 is 0 Å². The normalized spacial score (nSPS) is 11.5. The van der Waals surface area contributed by atoms with Gasteiger partial charge in [-0.3, -0.25) is 4.79 Å². The summed E-state index contributed by atoms with van der Waals surface area (Å²) in [7, 11) is 0. The van der Waals surface area contributed by atoms with E-state index in [0.29, 0.717) is 24.3 Å². The van der Waals surface area contributed by atoms with Crippen molar-refractivity contribution in [2.24, 2.45) is 0 Å². The fraction of sp³-hybridized carbons (Fsp3) is 0.500. The van der Waals surface area contributed by atoms with E-state index in [-0.39, 0.29) is 17.8 Å². The van der Waals surface area contributed by atoms with Crippen molar-refractivity contribution in [3.05, 3.63) is 35.4 Å². The van der Waals surface area contributed by atoms with Crippen LogP contribution in [0, 0.1) is 0 Å². The minimum Gasteiger partial charge on any atom is -0.395 e. The highest BCUT2D eigenvalue weighted by Gasteiger charge is 2.19. The average molecular weight is 255 g/mol. The lowest BCUT2D eigenvalue weighted by Crippen LogP contribution is -2.21. The summed E-state index contributed by atoms with van der Waals surface area (Å²) in [5.74, 6) is 0.639. The second-order valence-electron chi connectivity index (χ2n) is 4.84. The summed E-state index contributed by atoms with van der Waals surface area (Å²) in [6.07, 6.45) is 1.20. The number of aliphatic hydroxyl groups is 1. The zero-order chi connectivity index (χ0) is 12.9. The second kappa shape index (κ2) is 6.18. The zero-order valence-electron chi connectivity index (χ0n) is 10.4. The van der Waals surface area contributed by atoms with Gasteiger partial charge in [-0.15, -0.1) is 11.6 Å². The molecule has 94 valence electrons. The quantitative estimate of drug-likeness (QED) is 0.626. The standard InChI is InChI=1S/C14H19ClO2/c1-14(2,10-16)12-7-5-11(6-8-12)13(17)4-3-9-15/h5-8,16H,3-4,9-10H2,1-2H3. The number of Topliss-reactive ketones (excluding diaryl/α,β-unsaturated/α-hetero) is 1. The Morgan fingerprint density at radius 3 is 2.35 bits per heavy atom. The minimum atomic E-state index is -0.266. The van der Waals surface area contributed by atoms with Crippen molar-refractivity contribution in [2.75, 3.05) is 12.5 Å². The number of alkyl halides is 1. The molecule has 0 unspecified atom stereocenters. The number of halogens is 1. The van der Waals surface area contributed by atoms with Crippen LogP contribution in [0.15, 0.2) is 24.3 Å². The number of hydrogen-bond donors (Lipinski definition) is 1. The number of aliphatic hydroxyl groups excluding tert-OH is 1. The summed E-state index contributed by atoms with van der Waals surface area (Å²) in [6, 6.07) is 7.46. The van der Waals surface area contributed by atoms with Crippen molar-refractivity contribution in [2.45, 2.75) is 32.1 Å². The van der Waals surface area contributed by atoms with Gasteiger partial charge in [-0.05, 0) is 12.0 Å². The van der Waals surface area contributed by atoms with Crippen molar-refractivity contribution >= 4 is 17.4 Å². The number of hydrogen-bond acceptors (Lipinski definition) is 2. The number of carbonyl (C=O) groups is 1. The van der Waals surface area contributed by atoms with E-state index in [1.807, 2.05) is 38.1 Å². The van der Waals surface area contributed by atoms with Gasteiger partial charge in [0.05, 0.1) is 6.61 Å². The predicted molar refractivity (Wildman–Crippen MR) is 70.8 cm³/mol. The van der Waals surface area contributed by atoms with Gasteiger partial charge in [-0.1, -0.05) is 38.1 Å². The van der Waals surface area contributed by atoms with Crippen LogP contribution in [0.3, 0.4) is 0 Å². The SMILES string of the molecule is CC(C)(CO)c1ccc(C(=O)CCCCl)cc1. The Balaban J connectivity index is 2.78. The maximum atomic E-state index is 11.7. The molecule has 1 rings (SSSR count). The average Bonchev–Trinajstić information content (AvgIpc) is 2.36. The predicted octanol–water partition coefficient (Wildman–Crippen LogP) is 3.16. The van der Waals surface area contributed by atoms with E-state index < -0.39 is 0 Å². The highest BCUT2D eigenvalue weighted by Crippen LogP contribution is 2.22. The Hall–Kier alpha value is -0.860. The minimum absolute atomic E-state index is 0.0898. The van der Waals surface area contributed by atoms with E-state index in [2.05, 4.69) is 0 Å². The lowest BCUT2D eigenvalue weighted by molar-refractivity contribution is 0.0982. The molecular weight excluding hydrogens is 236 g/mol. The monoisotopic (exact) mass is 254 g/mol. The van der Waals surface area contributed by atoms with Gasteiger partial charge in [0.1, 0.15) is 0 Å². The zero-order valence-corrected chi connectivity index (χ0v) is 11.1. The molecule has 0 atom stereocenters. The van der Waals surface area contributed by atoms with E-state index in [9.17, 15) is 9.90 Å². The van der Waals surface area contributed by atoms with E-state index in [1.165, 1.54) is 0 Å². The third-order valence-corrected chi connectivity index (χ3v) is 3.19. The maximum Gasteiger partial charge on any atom is 0.162 e. The molecule has 0 radical (unpaired) electrons. The van der Waals surface area contributed by atoms with Crippen LogP contribution in [-0.4, -0.2) is 23.4 Å². The van der Waals surface area contributed by atoms with Crippen LogP contribution in [0.5, 0.6) is 0 Å². The van der Waals surface area contributed by atoms with Gasteiger partial charge >= 0.3 is 0 Å². The molecule has 0 saturated heterocycles. The summed E-state index contributed by atoms with van der Waals surface area (Å²) >= 11 is 5.56. The third-order valence-electron chi connectivity index (χ3n) is 2.92. The van der Waals surface area contributed by atoms with Crippen molar-refractivity contribution in [1.82, 2.24) is 0 Å². The molecule has 0 aliphatic carbocycles. The van der Waals surface area contributed by atoms with Gasteiger partial charge < -0.3 is 5.11 Å². The van der Waals surface area contributed by atoms with Crippen molar-refractivity contribution in [3.8, 4) is 0 Å². The highest BCUT2D eigenvalue weighted by atomic mass is 35.5. The van der Waals surface area contributed by atoms with Crippen LogP contribution in [-0.2, 0) is 5.41 Å². The Labute approximate surface area is 108 Å². The Morgan fingerprint density at radius 1 is 1.29 bits per heavy atom. The summed E-state index contributed by atoms with van der Waals surface area (Å²) in [4.78, 5) is 11.7.